The first-order valence-corrected chi connectivity index (χ1v) is 11.5. The minimum Gasteiger partial charge on any atom is -0.469 e. The predicted octanol–water partition coefficient (Wildman–Crippen LogP) is 6.13. The molecular formula is C28H31NO5. The molecule has 1 atom stereocenters. The average Bonchev–Trinajstić information content (AvgIpc) is 2.87. The Morgan fingerprint density at radius 1 is 0.824 bits per heavy atom. The molecule has 0 heterocycles. The van der Waals surface area contributed by atoms with E-state index in [0.717, 1.165) is 36.3 Å². The average molecular weight is 462 g/mol. The molecule has 0 bridgehead atoms. The summed E-state index contributed by atoms with van der Waals surface area (Å²) in [7, 11) is 1.39. The van der Waals surface area contributed by atoms with Crippen molar-refractivity contribution in [2.24, 2.45) is 0 Å². The first-order chi connectivity index (χ1) is 16.6. The van der Waals surface area contributed by atoms with Gasteiger partial charge in [0.1, 0.15) is 17.6 Å². The van der Waals surface area contributed by atoms with Gasteiger partial charge in [0.2, 0.25) is 0 Å². The molecule has 34 heavy (non-hydrogen) atoms. The second-order valence-electron chi connectivity index (χ2n) is 7.89. The van der Waals surface area contributed by atoms with Crippen LogP contribution < -0.4 is 10.1 Å². The van der Waals surface area contributed by atoms with E-state index in [1.807, 2.05) is 84.9 Å². The van der Waals surface area contributed by atoms with Crippen LogP contribution in [-0.4, -0.2) is 25.1 Å². The highest BCUT2D eigenvalue weighted by Crippen LogP contribution is 2.23. The molecule has 0 saturated heterocycles. The van der Waals surface area contributed by atoms with Crippen molar-refractivity contribution in [1.29, 1.82) is 0 Å². The Morgan fingerprint density at radius 2 is 1.53 bits per heavy atom. The molecule has 0 aliphatic carbocycles. The summed E-state index contributed by atoms with van der Waals surface area (Å²) in [5.41, 5.74) is 1.64. The number of hydrogen-bond donors (Lipinski definition) is 1. The first kappa shape index (κ1) is 25.0. The molecule has 1 N–H and O–H groups in total. The summed E-state index contributed by atoms with van der Waals surface area (Å²) in [5.74, 6) is 1.07. The molecule has 0 aromatic heterocycles. The normalized spacial score (nSPS) is 11.4. The number of unbranched alkanes of at least 4 members (excludes halogenated alkanes) is 2. The molecule has 0 saturated carbocycles. The molecule has 0 radical (unpaired) electrons. The van der Waals surface area contributed by atoms with Crippen LogP contribution in [0.2, 0.25) is 0 Å². The van der Waals surface area contributed by atoms with Gasteiger partial charge in [-0.05, 0) is 54.8 Å². The lowest BCUT2D eigenvalue weighted by molar-refractivity contribution is -0.140. The SMILES string of the molecule is COC(=O)CCCCCC(OCc1cccc(Oc2ccccc2)c1)C(=O)Nc1ccccc1. The molecule has 0 fully saturated rings. The van der Waals surface area contributed by atoms with Gasteiger partial charge in [0.05, 0.1) is 13.7 Å². The number of rotatable bonds is 13. The Balaban J connectivity index is 1.58. The maximum Gasteiger partial charge on any atom is 0.305 e. The second-order valence-corrected chi connectivity index (χ2v) is 7.89. The Bertz CT molecular complexity index is 1020. The van der Waals surface area contributed by atoms with Crippen molar-refractivity contribution in [3.05, 3.63) is 90.5 Å². The van der Waals surface area contributed by atoms with E-state index in [-0.39, 0.29) is 18.5 Å². The zero-order valence-corrected chi connectivity index (χ0v) is 19.4. The smallest absolute Gasteiger partial charge is 0.305 e. The molecular weight excluding hydrogens is 430 g/mol. The molecule has 3 aromatic rings. The number of methoxy groups -OCH3 is 1. The fraction of sp³-hybridized carbons (Fsp3) is 0.286. The van der Waals surface area contributed by atoms with E-state index < -0.39 is 6.10 Å². The molecule has 0 aliphatic heterocycles. The molecule has 0 spiro atoms. The molecule has 6 nitrogen and oxygen atoms in total. The van der Waals surface area contributed by atoms with E-state index >= 15 is 0 Å². The van der Waals surface area contributed by atoms with Gasteiger partial charge in [0, 0.05) is 12.1 Å². The summed E-state index contributed by atoms with van der Waals surface area (Å²) in [6, 6.07) is 26.5. The Kier molecular flexibility index (Phi) is 10.1. The van der Waals surface area contributed by atoms with Gasteiger partial charge in [-0.2, -0.15) is 0 Å². The molecule has 178 valence electrons. The lowest BCUT2D eigenvalue weighted by Crippen LogP contribution is -2.30. The highest BCUT2D eigenvalue weighted by atomic mass is 16.5. The van der Waals surface area contributed by atoms with Crippen LogP contribution in [0.1, 0.15) is 37.7 Å². The maximum absolute atomic E-state index is 12.9. The van der Waals surface area contributed by atoms with Crippen LogP contribution in [0.15, 0.2) is 84.9 Å². The number of carbonyl (C=O) groups excluding carboxylic acids is 2. The lowest BCUT2D eigenvalue weighted by atomic mass is 10.1. The van der Waals surface area contributed by atoms with Crippen LogP contribution in [-0.2, 0) is 25.7 Å². The summed E-state index contributed by atoms with van der Waals surface area (Å²) < 4.78 is 16.6. The Hall–Kier alpha value is -3.64. The number of hydrogen-bond acceptors (Lipinski definition) is 5. The highest BCUT2D eigenvalue weighted by molar-refractivity contribution is 5.94. The Morgan fingerprint density at radius 3 is 2.26 bits per heavy atom. The summed E-state index contributed by atoms with van der Waals surface area (Å²) in [6.07, 6.45) is 2.62. The van der Waals surface area contributed by atoms with Crippen molar-refractivity contribution in [2.45, 2.75) is 44.8 Å². The van der Waals surface area contributed by atoms with Crippen LogP contribution in [0.25, 0.3) is 0 Å². The van der Waals surface area contributed by atoms with E-state index in [0.29, 0.717) is 18.6 Å². The molecule has 3 aromatic carbocycles. The van der Waals surface area contributed by atoms with E-state index in [1.54, 1.807) is 0 Å². The van der Waals surface area contributed by atoms with Gasteiger partial charge in [0.25, 0.3) is 5.91 Å². The second kappa shape index (κ2) is 13.8. The topological polar surface area (TPSA) is 73.9 Å². The van der Waals surface area contributed by atoms with Gasteiger partial charge in [-0.1, -0.05) is 61.4 Å². The van der Waals surface area contributed by atoms with Gasteiger partial charge in [0.15, 0.2) is 0 Å². The molecule has 6 heteroatoms. The van der Waals surface area contributed by atoms with Crippen LogP contribution in [0.4, 0.5) is 5.69 Å². The largest absolute Gasteiger partial charge is 0.469 e. The third kappa shape index (κ3) is 8.71. The van der Waals surface area contributed by atoms with E-state index in [9.17, 15) is 9.59 Å². The standard InChI is InChI=1S/C28H31NO5/c1-32-27(30)19-10-4-9-18-26(28(31)29-23-13-5-2-6-14-23)33-21-22-12-11-17-25(20-22)34-24-15-7-3-8-16-24/h2-3,5-8,11-17,20,26H,4,9-10,18-19,21H2,1H3,(H,29,31). The van der Waals surface area contributed by atoms with E-state index in [1.165, 1.54) is 7.11 Å². The van der Waals surface area contributed by atoms with Gasteiger partial charge in [-0.3, -0.25) is 9.59 Å². The van der Waals surface area contributed by atoms with Crippen molar-refractivity contribution in [1.82, 2.24) is 0 Å². The van der Waals surface area contributed by atoms with Crippen LogP contribution in [0.3, 0.4) is 0 Å². The number of amides is 1. The first-order valence-electron chi connectivity index (χ1n) is 11.5. The van der Waals surface area contributed by atoms with Gasteiger partial charge in [-0.25, -0.2) is 0 Å². The third-order valence-electron chi connectivity index (χ3n) is 5.24. The summed E-state index contributed by atoms with van der Waals surface area (Å²) in [6.45, 7) is 0.279. The third-order valence-corrected chi connectivity index (χ3v) is 5.24. The number of para-hydroxylation sites is 2. The van der Waals surface area contributed by atoms with E-state index in [4.69, 9.17) is 9.47 Å². The Labute approximate surface area is 200 Å². The van der Waals surface area contributed by atoms with E-state index in [2.05, 4.69) is 10.1 Å². The van der Waals surface area contributed by atoms with Crippen molar-refractivity contribution < 1.29 is 23.8 Å². The zero-order chi connectivity index (χ0) is 24.0. The predicted molar refractivity (Wildman–Crippen MR) is 132 cm³/mol. The summed E-state index contributed by atoms with van der Waals surface area (Å²) in [4.78, 5) is 24.2. The van der Waals surface area contributed by atoms with Crippen molar-refractivity contribution in [3.8, 4) is 11.5 Å². The minimum absolute atomic E-state index is 0.184. The van der Waals surface area contributed by atoms with Crippen molar-refractivity contribution in [3.63, 3.8) is 0 Å². The molecule has 1 unspecified atom stereocenters. The molecule has 1 amide bonds. The number of benzene rings is 3. The van der Waals surface area contributed by atoms with Gasteiger partial charge in [-0.15, -0.1) is 0 Å². The van der Waals surface area contributed by atoms with Crippen molar-refractivity contribution >= 4 is 17.6 Å². The zero-order valence-electron chi connectivity index (χ0n) is 19.4. The molecule has 3 rings (SSSR count). The highest BCUT2D eigenvalue weighted by Gasteiger charge is 2.19. The fourth-order valence-electron chi connectivity index (χ4n) is 3.43. The summed E-state index contributed by atoms with van der Waals surface area (Å²) >= 11 is 0. The number of anilines is 1. The van der Waals surface area contributed by atoms with Crippen molar-refractivity contribution in [2.75, 3.05) is 12.4 Å². The van der Waals surface area contributed by atoms with Crippen LogP contribution >= 0.6 is 0 Å². The van der Waals surface area contributed by atoms with Crippen LogP contribution in [0, 0.1) is 0 Å². The number of nitrogens with one attached hydrogen (secondary N) is 1. The lowest BCUT2D eigenvalue weighted by Gasteiger charge is -2.18. The van der Waals surface area contributed by atoms with Gasteiger partial charge < -0.3 is 19.5 Å². The number of esters is 1. The number of ether oxygens (including phenoxy) is 3. The maximum atomic E-state index is 12.9. The fourth-order valence-corrected chi connectivity index (χ4v) is 3.43. The number of carbonyl (C=O) groups is 2. The minimum atomic E-state index is -0.614. The van der Waals surface area contributed by atoms with Gasteiger partial charge >= 0.3 is 5.97 Å². The van der Waals surface area contributed by atoms with Crippen LogP contribution in [0.5, 0.6) is 11.5 Å². The summed E-state index contributed by atoms with van der Waals surface area (Å²) in [5, 5.41) is 2.93. The molecule has 0 aliphatic rings. The monoisotopic (exact) mass is 461 g/mol. The quantitative estimate of drug-likeness (QED) is 0.245.